The first-order valence-electron chi connectivity index (χ1n) is 6.23. The summed E-state index contributed by atoms with van der Waals surface area (Å²) >= 11 is 0. The Balaban J connectivity index is 2.08. The number of fused-ring (bicyclic) bond motifs is 1. The summed E-state index contributed by atoms with van der Waals surface area (Å²) < 4.78 is 1.73. The molecule has 0 saturated carbocycles. The first kappa shape index (κ1) is 12.3. The summed E-state index contributed by atoms with van der Waals surface area (Å²) in [6.07, 6.45) is 0. The van der Waals surface area contributed by atoms with Crippen LogP contribution >= 0.6 is 0 Å². The molecule has 2 heterocycles. The lowest BCUT2D eigenvalue weighted by molar-refractivity contribution is 0.664. The number of anilines is 2. The van der Waals surface area contributed by atoms with Crippen LogP contribution in [0.2, 0.25) is 0 Å². The number of aromatic nitrogens is 5. The molecule has 2 N–H and O–H groups in total. The number of nitrogens with two attached hydrogens (primary N) is 1. The standard InChI is InChI=1S/C13H15N7/c1-19(2)13-15-11(14)10-12(16-13)20(18-17-10)8-9-6-4-3-5-7-9/h3-7H,8H2,1-2H3,(H2,14,15,16). The molecule has 0 amide bonds. The fraction of sp³-hybridized carbons (Fsp3) is 0.231. The van der Waals surface area contributed by atoms with E-state index in [1.54, 1.807) is 9.58 Å². The van der Waals surface area contributed by atoms with Crippen LogP contribution in [0.25, 0.3) is 11.2 Å². The Morgan fingerprint density at radius 2 is 1.90 bits per heavy atom. The largest absolute Gasteiger partial charge is 0.382 e. The Bertz CT molecular complexity index is 733. The van der Waals surface area contributed by atoms with Crippen molar-refractivity contribution in [3.63, 3.8) is 0 Å². The molecule has 0 bridgehead atoms. The number of hydrogen-bond acceptors (Lipinski definition) is 6. The van der Waals surface area contributed by atoms with Crippen molar-refractivity contribution in [2.75, 3.05) is 24.7 Å². The summed E-state index contributed by atoms with van der Waals surface area (Å²) in [4.78, 5) is 10.5. The highest BCUT2D eigenvalue weighted by Crippen LogP contribution is 2.18. The van der Waals surface area contributed by atoms with Crippen LogP contribution in [0, 0.1) is 0 Å². The van der Waals surface area contributed by atoms with E-state index in [0.29, 0.717) is 29.5 Å². The van der Waals surface area contributed by atoms with Crippen LogP contribution in [0.4, 0.5) is 11.8 Å². The fourth-order valence-electron chi connectivity index (χ4n) is 1.93. The lowest BCUT2D eigenvalue weighted by Gasteiger charge is -2.10. The van der Waals surface area contributed by atoms with Gasteiger partial charge in [-0.05, 0) is 5.56 Å². The summed E-state index contributed by atoms with van der Waals surface area (Å²) in [5.41, 5.74) is 8.21. The minimum Gasteiger partial charge on any atom is -0.382 e. The molecule has 0 aliphatic carbocycles. The van der Waals surface area contributed by atoms with Crippen LogP contribution in [0.15, 0.2) is 30.3 Å². The zero-order valence-corrected chi connectivity index (χ0v) is 11.4. The van der Waals surface area contributed by atoms with E-state index in [4.69, 9.17) is 5.73 Å². The van der Waals surface area contributed by atoms with Crippen LogP contribution in [-0.2, 0) is 6.54 Å². The van der Waals surface area contributed by atoms with Gasteiger partial charge in [0.2, 0.25) is 5.95 Å². The molecule has 0 unspecified atom stereocenters. The quantitative estimate of drug-likeness (QED) is 0.761. The third-order valence-corrected chi connectivity index (χ3v) is 2.95. The second-order valence-corrected chi connectivity index (χ2v) is 4.71. The van der Waals surface area contributed by atoms with Crippen molar-refractivity contribution in [3.8, 4) is 0 Å². The zero-order chi connectivity index (χ0) is 14.1. The monoisotopic (exact) mass is 269 g/mol. The third-order valence-electron chi connectivity index (χ3n) is 2.95. The van der Waals surface area contributed by atoms with E-state index in [-0.39, 0.29) is 0 Å². The second kappa shape index (κ2) is 4.76. The SMILES string of the molecule is CN(C)c1nc(N)c2nnn(Cc3ccccc3)c2n1. The van der Waals surface area contributed by atoms with Crippen molar-refractivity contribution in [3.05, 3.63) is 35.9 Å². The average molecular weight is 269 g/mol. The second-order valence-electron chi connectivity index (χ2n) is 4.71. The van der Waals surface area contributed by atoms with E-state index < -0.39 is 0 Å². The van der Waals surface area contributed by atoms with Gasteiger partial charge < -0.3 is 10.6 Å². The predicted molar refractivity (Wildman–Crippen MR) is 77.4 cm³/mol. The Hall–Kier alpha value is -2.70. The van der Waals surface area contributed by atoms with Gasteiger partial charge in [-0.15, -0.1) is 5.10 Å². The van der Waals surface area contributed by atoms with Gasteiger partial charge in [0, 0.05) is 14.1 Å². The van der Waals surface area contributed by atoms with Gasteiger partial charge in [-0.1, -0.05) is 35.5 Å². The molecule has 7 nitrogen and oxygen atoms in total. The molecule has 0 fully saturated rings. The van der Waals surface area contributed by atoms with Gasteiger partial charge in [-0.25, -0.2) is 4.68 Å². The Morgan fingerprint density at radius 1 is 1.15 bits per heavy atom. The molecule has 20 heavy (non-hydrogen) atoms. The first-order chi connectivity index (χ1) is 9.65. The first-order valence-corrected chi connectivity index (χ1v) is 6.23. The van der Waals surface area contributed by atoms with Crippen molar-refractivity contribution in [1.29, 1.82) is 0 Å². The normalized spacial score (nSPS) is 10.9. The molecule has 0 radical (unpaired) electrons. The van der Waals surface area contributed by atoms with Crippen molar-refractivity contribution >= 4 is 22.9 Å². The zero-order valence-electron chi connectivity index (χ0n) is 11.4. The summed E-state index contributed by atoms with van der Waals surface area (Å²) in [5, 5.41) is 8.18. The van der Waals surface area contributed by atoms with Crippen LogP contribution in [0.5, 0.6) is 0 Å². The van der Waals surface area contributed by atoms with Crippen LogP contribution in [0.3, 0.4) is 0 Å². The topological polar surface area (TPSA) is 85.8 Å². The smallest absolute Gasteiger partial charge is 0.228 e. The summed E-state index contributed by atoms with van der Waals surface area (Å²) in [6.45, 7) is 0.598. The molecular formula is C13H15N7. The van der Waals surface area contributed by atoms with Gasteiger partial charge in [-0.3, -0.25) is 0 Å². The summed E-state index contributed by atoms with van der Waals surface area (Å²) in [7, 11) is 3.73. The number of benzene rings is 1. The number of rotatable bonds is 3. The Labute approximate surface area is 116 Å². The van der Waals surface area contributed by atoms with Crippen molar-refractivity contribution in [2.45, 2.75) is 6.54 Å². The number of nitrogen functional groups attached to an aromatic ring is 1. The van der Waals surface area contributed by atoms with E-state index in [2.05, 4.69) is 20.3 Å². The van der Waals surface area contributed by atoms with Crippen LogP contribution < -0.4 is 10.6 Å². The Morgan fingerprint density at radius 3 is 2.60 bits per heavy atom. The highest BCUT2D eigenvalue weighted by Gasteiger charge is 2.13. The van der Waals surface area contributed by atoms with Gasteiger partial charge >= 0.3 is 0 Å². The molecule has 0 saturated heterocycles. The third kappa shape index (κ3) is 2.13. The molecule has 3 aromatic rings. The highest BCUT2D eigenvalue weighted by atomic mass is 15.5. The maximum absolute atomic E-state index is 5.91. The molecule has 7 heteroatoms. The van der Waals surface area contributed by atoms with E-state index >= 15 is 0 Å². The molecule has 0 aliphatic rings. The molecule has 0 atom stereocenters. The van der Waals surface area contributed by atoms with Crippen molar-refractivity contribution in [2.24, 2.45) is 0 Å². The number of hydrogen-bond donors (Lipinski definition) is 1. The maximum Gasteiger partial charge on any atom is 0.228 e. The number of nitrogens with zero attached hydrogens (tertiary/aromatic N) is 6. The van der Waals surface area contributed by atoms with Gasteiger partial charge in [0.05, 0.1) is 6.54 Å². The highest BCUT2D eigenvalue weighted by molar-refractivity contribution is 5.82. The molecule has 2 aromatic heterocycles. The van der Waals surface area contributed by atoms with Gasteiger partial charge in [0.25, 0.3) is 0 Å². The van der Waals surface area contributed by atoms with Gasteiger partial charge in [0.1, 0.15) is 0 Å². The summed E-state index contributed by atoms with van der Waals surface area (Å²) in [6, 6.07) is 10.0. The average Bonchev–Trinajstić information content (AvgIpc) is 2.84. The molecule has 1 aromatic carbocycles. The van der Waals surface area contributed by atoms with E-state index in [0.717, 1.165) is 5.56 Å². The maximum atomic E-state index is 5.91. The fourth-order valence-corrected chi connectivity index (χ4v) is 1.93. The molecule has 3 rings (SSSR count). The Kier molecular flexibility index (Phi) is 2.94. The predicted octanol–water partition coefficient (Wildman–Crippen LogP) is 0.918. The van der Waals surface area contributed by atoms with Crippen molar-refractivity contribution in [1.82, 2.24) is 25.0 Å². The lowest BCUT2D eigenvalue weighted by atomic mass is 10.2. The van der Waals surface area contributed by atoms with Gasteiger partial charge in [0.15, 0.2) is 17.0 Å². The van der Waals surface area contributed by atoms with Crippen molar-refractivity contribution < 1.29 is 0 Å². The molecular weight excluding hydrogens is 254 g/mol. The van der Waals surface area contributed by atoms with Gasteiger partial charge in [-0.2, -0.15) is 9.97 Å². The molecule has 0 aliphatic heterocycles. The molecule has 102 valence electrons. The minimum absolute atomic E-state index is 0.345. The van der Waals surface area contributed by atoms with E-state index in [1.165, 1.54) is 0 Å². The lowest BCUT2D eigenvalue weighted by Crippen LogP contribution is -2.14. The van der Waals surface area contributed by atoms with Crippen LogP contribution in [-0.4, -0.2) is 39.1 Å². The minimum atomic E-state index is 0.345. The molecule has 0 spiro atoms. The van der Waals surface area contributed by atoms with Crippen LogP contribution in [0.1, 0.15) is 5.56 Å². The summed E-state index contributed by atoms with van der Waals surface area (Å²) in [5.74, 6) is 0.893. The van der Waals surface area contributed by atoms with E-state index in [1.807, 2.05) is 44.4 Å². The van der Waals surface area contributed by atoms with E-state index in [9.17, 15) is 0 Å².